The van der Waals surface area contributed by atoms with Crippen molar-refractivity contribution in [3.8, 4) is 11.4 Å². The van der Waals surface area contributed by atoms with Crippen molar-refractivity contribution in [2.75, 3.05) is 6.54 Å². The Labute approximate surface area is 160 Å². The van der Waals surface area contributed by atoms with Crippen molar-refractivity contribution in [2.45, 2.75) is 18.9 Å². The molecule has 1 amide bonds. The first-order valence-electron chi connectivity index (χ1n) is 8.28. The van der Waals surface area contributed by atoms with Gasteiger partial charge in [-0.3, -0.25) is 4.79 Å². The van der Waals surface area contributed by atoms with Gasteiger partial charge in [0, 0.05) is 17.1 Å². The fraction of sp³-hybridized carbons (Fsp3) is 0.211. The third-order valence-electron chi connectivity index (χ3n) is 4.45. The van der Waals surface area contributed by atoms with E-state index in [0.717, 1.165) is 18.4 Å². The topological polar surface area (TPSA) is 59.2 Å². The Bertz CT molecular complexity index is 940. The highest BCUT2D eigenvalue weighted by Crippen LogP contribution is 2.34. The third-order valence-corrected chi connectivity index (χ3v) is 5.03. The van der Waals surface area contributed by atoms with Crippen LogP contribution >= 0.6 is 23.2 Å². The molecule has 1 saturated heterocycles. The molecule has 0 bridgehead atoms. The summed E-state index contributed by atoms with van der Waals surface area (Å²) in [5.74, 6) is 0.797. The Kier molecular flexibility index (Phi) is 4.66. The SMILES string of the molecule is O=C(c1ccccc1Cl)N1CCC[C@H]1c1nc(-c2ccc(Cl)cc2)no1. The Hall–Kier alpha value is -2.37. The van der Waals surface area contributed by atoms with Gasteiger partial charge in [-0.2, -0.15) is 4.98 Å². The van der Waals surface area contributed by atoms with Crippen molar-refractivity contribution in [3.05, 3.63) is 70.0 Å². The summed E-state index contributed by atoms with van der Waals surface area (Å²) in [4.78, 5) is 19.1. The molecule has 1 aliphatic rings. The normalized spacial score (nSPS) is 16.8. The number of nitrogens with zero attached hydrogens (tertiary/aromatic N) is 3. The number of likely N-dealkylation sites (tertiary alicyclic amines) is 1. The Morgan fingerprint density at radius 1 is 1.12 bits per heavy atom. The minimum Gasteiger partial charge on any atom is -0.337 e. The monoisotopic (exact) mass is 387 g/mol. The molecule has 2 aromatic carbocycles. The number of carbonyl (C=O) groups excluding carboxylic acids is 1. The highest BCUT2D eigenvalue weighted by molar-refractivity contribution is 6.33. The van der Waals surface area contributed by atoms with E-state index in [4.69, 9.17) is 27.7 Å². The van der Waals surface area contributed by atoms with Crippen LogP contribution in [0.2, 0.25) is 10.0 Å². The van der Waals surface area contributed by atoms with Gasteiger partial charge in [0.05, 0.1) is 10.6 Å². The van der Waals surface area contributed by atoms with E-state index in [2.05, 4.69) is 10.1 Å². The smallest absolute Gasteiger partial charge is 0.256 e. The van der Waals surface area contributed by atoms with Crippen LogP contribution in [-0.2, 0) is 0 Å². The summed E-state index contributed by atoms with van der Waals surface area (Å²) in [6.07, 6.45) is 1.65. The zero-order chi connectivity index (χ0) is 18.1. The van der Waals surface area contributed by atoms with E-state index in [9.17, 15) is 4.79 Å². The van der Waals surface area contributed by atoms with Crippen molar-refractivity contribution in [1.29, 1.82) is 0 Å². The molecular formula is C19H15Cl2N3O2. The number of rotatable bonds is 3. The predicted octanol–water partition coefficient (Wildman–Crippen LogP) is 5.02. The number of aromatic nitrogens is 2. The number of hydrogen-bond acceptors (Lipinski definition) is 4. The van der Waals surface area contributed by atoms with E-state index in [1.54, 1.807) is 41.3 Å². The maximum atomic E-state index is 12.9. The molecule has 1 aromatic heterocycles. The Balaban J connectivity index is 1.60. The summed E-state index contributed by atoms with van der Waals surface area (Å²) in [6.45, 7) is 0.632. The Morgan fingerprint density at radius 2 is 1.88 bits per heavy atom. The van der Waals surface area contributed by atoms with Crippen LogP contribution in [0.1, 0.15) is 35.1 Å². The van der Waals surface area contributed by atoms with Crippen LogP contribution in [0.25, 0.3) is 11.4 Å². The quantitative estimate of drug-likeness (QED) is 0.632. The molecule has 7 heteroatoms. The van der Waals surface area contributed by atoms with Gasteiger partial charge in [0.2, 0.25) is 11.7 Å². The molecule has 0 radical (unpaired) electrons. The van der Waals surface area contributed by atoms with Crippen LogP contribution in [-0.4, -0.2) is 27.5 Å². The van der Waals surface area contributed by atoms with Crippen LogP contribution in [0.5, 0.6) is 0 Å². The van der Waals surface area contributed by atoms with E-state index in [1.807, 2.05) is 12.1 Å². The summed E-state index contributed by atoms with van der Waals surface area (Å²) in [7, 11) is 0. The maximum Gasteiger partial charge on any atom is 0.256 e. The van der Waals surface area contributed by atoms with Crippen LogP contribution < -0.4 is 0 Å². The molecule has 0 unspecified atom stereocenters. The van der Waals surface area contributed by atoms with Gasteiger partial charge in [0.15, 0.2) is 0 Å². The van der Waals surface area contributed by atoms with Crippen LogP contribution in [0.15, 0.2) is 53.1 Å². The van der Waals surface area contributed by atoms with E-state index in [-0.39, 0.29) is 11.9 Å². The number of halogens is 2. The average molecular weight is 388 g/mol. The molecule has 132 valence electrons. The van der Waals surface area contributed by atoms with Gasteiger partial charge < -0.3 is 9.42 Å². The van der Waals surface area contributed by atoms with Gasteiger partial charge in [0.25, 0.3) is 5.91 Å². The lowest BCUT2D eigenvalue weighted by Gasteiger charge is -2.22. The molecule has 1 fully saturated rings. The number of amides is 1. The van der Waals surface area contributed by atoms with Gasteiger partial charge >= 0.3 is 0 Å². The summed E-state index contributed by atoms with van der Waals surface area (Å²) < 4.78 is 5.46. The van der Waals surface area contributed by atoms with Crippen LogP contribution in [0, 0.1) is 0 Å². The summed E-state index contributed by atoms with van der Waals surface area (Å²) in [5, 5.41) is 5.14. The molecule has 4 rings (SSSR count). The van der Waals surface area contributed by atoms with Crippen molar-refractivity contribution >= 4 is 29.1 Å². The highest BCUT2D eigenvalue weighted by Gasteiger charge is 2.35. The lowest BCUT2D eigenvalue weighted by atomic mass is 10.1. The molecule has 5 nitrogen and oxygen atoms in total. The molecule has 26 heavy (non-hydrogen) atoms. The first-order chi connectivity index (χ1) is 12.6. The predicted molar refractivity (Wildman–Crippen MR) is 99.2 cm³/mol. The fourth-order valence-corrected chi connectivity index (χ4v) is 3.49. The number of carbonyl (C=O) groups is 1. The van der Waals surface area contributed by atoms with E-state index in [0.29, 0.717) is 33.9 Å². The van der Waals surface area contributed by atoms with Gasteiger partial charge in [-0.15, -0.1) is 0 Å². The summed E-state index contributed by atoms with van der Waals surface area (Å²) in [5.41, 5.74) is 1.30. The zero-order valence-electron chi connectivity index (χ0n) is 13.7. The molecule has 2 heterocycles. The molecule has 0 spiro atoms. The average Bonchev–Trinajstić information content (AvgIpc) is 3.31. The third kappa shape index (κ3) is 3.20. The minimum atomic E-state index is -0.243. The van der Waals surface area contributed by atoms with Gasteiger partial charge in [-0.05, 0) is 49.2 Å². The lowest BCUT2D eigenvalue weighted by molar-refractivity contribution is 0.0710. The van der Waals surface area contributed by atoms with E-state index in [1.165, 1.54) is 0 Å². The Morgan fingerprint density at radius 3 is 2.65 bits per heavy atom. The second-order valence-corrected chi connectivity index (χ2v) is 6.94. The fourth-order valence-electron chi connectivity index (χ4n) is 3.14. The number of benzene rings is 2. The van der Waals surface area contributed by atoms with Crippen molar-refractivity contribution in [3.63, 3.8) is 0 Å². The van der Waals surface area contributed by atoms with Gasteiger partial charge in [-0.25, -0.2) is 0 Å². The molecule has 1 atom stereocenters. The number of hydrogen-bond donors (Lipinski definition) is 0. The lowest BCUT2D eigenvalue weighted by Crippen LogP contribution is -2.30. The summed E-state index contributed by atoms with van der Waals surface area (Å²) >= 11 is 12.1. The molecular weight excluding hydrogens is 373 g/mol. The molecule has 0 saturated carbocycles. The standard InChI is InChI=1S/C19H15Cl2N3O2/c20-13-9-7-12(8-10-13)17-22-18(26-23-17)16-6-3-11-24(16)19(25)14-4-1-2-5-15(14)21/h1-2,4-5,7-10,16H,3,6,11H2/t16-/m0/s1. The molecule has 0 aliphatic carbocycles. The van der Waals surface area contributed by atoms with Gasteiger partial charge in [-0.1, -0.05) is 40.5 Å². The van der Waals surface area contributed by atoms with Crippen molar-refractivity contribution in [1.82, 2.24) is 15.0 Å². The zero-order valence-corrected chi connectivity index (χ0v) is 15.2. The van der Waals surface area contributed by atoms with Crippen LogP contribution in [0.4, 0.5) is 0 Å². The molecule has 1 aliphatic heterocycles. The molecule has 0 N–H and O–H groups in total. The second kappa shape index (κ2) is 7.09. The van der Waals surface area contributed by atoms with Crippen molar-refractivity contribution in [2.24, 2.45) is 0 Å². The highest BCUT2D eigenvalue weighted by atomic mass is 35.5. The molecule has 3 aromatic rings. The largest absolute Gasteiger partial charge is 0.337 e. The van der Waals surface area contributed by atoms with Crippen molar-refractivity contribution < 1.29 is 9.32 Å². The summed E-state index contributed by atoms with van der Waals surface area (Å²) in [6, 6.07) is 14.0. The first kappa shape index (κ1) is 17.1. The van der Waals surface area contributed by atoms with E-state index < -0.39 is 0 Å². The second-order valence-electron chi connectivity index (χ2n) is 6.10. The van der Waals surface area contributed by atoms with E-state index >= 15 is 0 Å². The minimum absolute atomic E-state index is 0.121. The van der Waals surface area contributed by atoms with Gasteiger partial charge in [0.1, 0.15) is 6.04 Å². The maximum absolute atomic E-state index is 12.9. The van der Waals surface area contributed by atoms with Crippen LogP contribution in [0.3, 0.4) is 0 Å². The first-order valence-corrected chi connectivity index (χ1v) is 9.04.